The molecule has 1 heterocycles. The summed E-state index contributed by atoms with van der Waals surface area (Å²) in [6.07, 6.45) is 10.1. The third-order valence-corrected chi connectivity index (χ3v) is 2.10. The van der Waals surface area contributed by atoms with Crippen molar-refractivity contribution in [3.05, 3.63) is 36.0 Å². The Labute approximate surface area is 90.9 Å². The van der Waals surface area contributed by atoms with Gasteiger partial charge in [0.1, 0.15) is 0 Å². The van der Waals surface area contributed by atoms with Crippen LogP contribution in [0.25, 0.3) is 0 Å². The highest BCUT2D eigenvalue weighted by Crippen LogP contribution is 2.21. The Hall–Kier alpha value is -1.38. The lowest BCUT2D eigenvalue weighted by atomic mass is 10.0. The summed E-state index contributed by atoms with van der Waals surface area (Å²) in [6.45, 7) is 6.01. The first-order valence-corrected chi connectivity index (χ1v) is 5.56. The molecule has 0 bridgehead atoms. The van der Waals surface area contributed by atoms with Gasteiger partial charge < -0.3 is 4.52 Å². The number of hydrogen-bond acceptors (Lipinski definition) is 3. The van der Waals surface area contributed by atoms with Gasteiger partial charge in [0.15, 0.2) is 5.82 Å². The fourth-order valence-corrected chi connectivity index (χ4v) is 1.33. The van der Waals surface area contributed by atoms with Crippen LogP contribution in [0.15, 0.2) is 28.8 Å². The Morgan fingerprint density at radius 3 is 2.73 bits per heavy atom. The number of allylic oxidation sites excluding steroid dienone is 4. The first kappa shape index (κ1) is 11.7. The van der Waals surface area contributed by atoms with Gasteiger partial charge in [0, 0.05) is 12.3 Å². The van der Waals surface area contributed by atoms with Crippen molar-refractivity contribution in [3.8, 4) is 0 Å². The Morgan fingerprint density at radius 1 is 1.40 bits per heavy atom. The van der Waals surface area contributed by atoms with Crippen LogP contribution < -0.4 is 0 Å². The molecule has 0 amide bonds. The molecular formula is C12H18N2O. The summed E-state index contributed by atoms with van der Waals surface area (Å²) in [5, 5.41) is 3.94. The molecule has 15 heavy (non-hydrogen) atoms. The minimum Gasteiger partial charge on any atom is -0.339 e. The Bertz CT molecular complexity index is 339. The van der Waals surface area contributed by atoms with Crippen LogP contribution in [-0.4, -0.2) is 10.1 Å². The summed E-state index contributed by atoms with van der Waals surface area (Å²) in [6, 6.07) is 0. The maximum atomic E-state index is 5.05. The number of aryl methyl sites for hydroxylation is 1. The third kappa shape index (κ3) is 3.05. The molecule has 1 aliphatic rings. The smallest absolute Gasteiger partial charge is 0.226 e. The molecule has 82 valence electrons. The SMILES string of the molecule is CC.CCc1nc(C2C=CC=CC2)no1. The fourth-order valence-electron chi connectivity index (χ4n) is 1.33. The Kier molecular flexibility index (Phi) is 4.81. The van der Waals surface area contributed by atoms with Crippen molar-refractivity contribution in [3.63, 3.8) is 0 Å². The van der Waals surface area contributed by atoms with E-state index < -0.39 is 0 Å². The zero-order valence-electron chi connectivity index (χ0n) is 9.60. The van der Waals surface area contributed by atoms with Gasteiger partial charge in [-0.2, -0.15) is 4.98 Å². The molecule has 3 nitrogen and oxygen atoms in total. The predicted octanol–water partition coefficient (Wildman–Crippen LogP) is 3.26. The first-order chi connectivity index (χ1) is 7.40. The van der Waals surface area contributed by atoms with Gasteiger partial charge in [0.05, 0.1) is 0 Å². The Balaban J connectivity index is 0.000000531. The summed E-state index contributed by atoms with van der Waals surface area (Å²) in [5.74, 6) is 1.82. The van der Waals surface area contributed by atoms with E-state index >= 15 is 0 Å². The maximum Gasteiger partial charge on any atom is 0.226 e. The van der Waals surface area contributed by atoms with E-state index in [-0.39, 0.29) is 0 Å². The lowest BCUT2D eigenvalue weighted by molar-refractivity contribution is 0.375. The van der Waals surface area contributed by atoms with Crippen molar-refractivity contribution < 1.29 is 4.52 Å². The second-order valence-electron chi connectivity index (χ2n) is 3.06. The predicted molar refractivity (Wildman–Crippen MR) is 60.7 cm³/mol. The van der Waals surface area contributed by atoms with E-state index in [1.165, 1.54) is 0 Å². The van der Waals surface area contributed by atoms with E-state index in [1.54, 1.807) is 0 Å². The average Bonchev–Trinajstić information content (AvgIpc) is 2.81. The number of nitrogens with zero attached hydrogens (tertiary/aromatic N) is 2. The molecule has 0 aromatic carbocycles. The van der Waals surface area contributed by atoms with Gasteiger partial charge in [0.25, 0.3) is 0 Å². The molecule has 0 saturated carbocycles. The van der Waals surface area contributed by atoms with Crippen molar-refractivity contribution in [2.75, 3.05) is 0 Å². The minimum absolute atomic E-state index is 0.300. The molecule has 0 radical (unpaired) electrons. The summed E-state index contributed by atoms with van der Waals surface area (Å²) in [7, 11) is 0. The van der Waals surface area contributed by atoms with Crippen LogP contribution in [0, 0.1) is 0 Å². The fraction of sp³-hybridized carbons (Fsp3) is 0.500. The average molecular weight is 206 g/mol. The van der Waals surface area contributed by atoms with Gasteiger partial charge in [-0.05, 0) is 6.42 Å². The van der Waals surface area contributed by atoms with Gasteiger partial charge in [-0.3, -0.25) is 0 Å². The first-order valence-electron chi connectivity index (χ1n) is 5.56. The second kappa shape index (κ2) is 6.17. The highest BCUT2D eigenvalue weighted by molar-refractivity contribution is 5.18. The minimum atomic E-state index is 0.300. The molecule has 3 heteroatoms. The van der Waals surface area contributed by atoms with Crippen LogP contribution >= 0.6 is 0 Å². The van der Waals surface area contributed by atoms with Crippen molar-refractivity contribution in [2.45, 2.75) is 39.5 Å². The number of hydrogen-bond donors (Lipinski definition) is 0. The zero-order valence-corrected chi connectivity index (χ0v) is 9.60. The van der Waals surface area contributed by atoms with Gasteiger partial charge in [-0.15, -0.1) is 0 Å². The van der Waals surface area contributed by atoms with Crippen molar-refractivity contribution in [1.82, 2.24) is 10.1 Å². The molecule has 0 aliphatic heterocycles. The molecule has 1 aromatic heterocycles. The summed E-state index contributed by atoms with van der Waals surface area (Å²) in [4.78, 5) is 4.29. The second-order valence-corrected chi connectivity index (χ2v) is 3.06. The highest BCUT2D eigenvalue weighted by atomic mass is 16.5. The highest BCUT2D eigenvalue weighted by Gasteiger charge is 2.14. The Morgan fingerprint density at radius 2 is 2.20 bits per heavy atom. The quantitative estimate of drug-likeness (QED) is 0.745. The van der Waals surface area contributed by atoms with Crippen LogP contribution in [-0.2, 0) is 6.42 Å². The van der Waals surface area contributed by atoms with E-state index in [2.05, 4.69) is 22.3 Å². The van der Waals surface area contributed by atoms with Gasteiger partial charge in [-0.1, -0.05) is 50.2 Å². The van der Waals surface area contributed by atoms with E-state index in [4.69, 9.17) is 4.52 Å². The third-order valence-electron chi connectivity index (χ3n) is 2.10. The lowest BCUT2D eigenvalue weighted by Gasteiger charge is -2.06. The van der Waals surface area contributed by atoms with E-state index in [0.717, 1.165) is 24.6 Å². The van der Waals surface area contributed by atoms with Crippen molar-refractivity contribution in [1.29, 1.82) is 0 Å². The van der Waals surface area contributed by atoms with Gasteiger partial charge in [0.2, 0.25) is 5.89 Å². The van der Waals surface area contributed by atoms with Crippen LogP contribution in [0.2, 0.25) is 0 Å². The van der Waals surface area contributed by atoms with Crippen LogP contribution in [0.4, 0.5) is 0 Å². The molecule has 2 rings (SSSR count). The van der Waals surface area contributed by atoms with Crippen LogP contribution in [0.1, 0.15) is 44.8 Å². The maximum absolute atomic E-state index is 5.05. The van der Waals surface area contributed by atoms with Crippen molar-refractivity contribution in [2.24, 2.45) is 0 Å². The summed E-state index contributed by atoms with van der Waals surface area (Å²) < 4.78 is 5.05. The summed E-state index contributed by atoms with van der Waals surface area (Å²) >= 11 is 0. The topological polar surface area (TPSA) is 38.9 Å². The van der Waals surface area contributed by atoms with Crippen LogP contribution in [0.3, 0.4) is 0 Å². The molecular weight excluding hydrogens is 188 g/mol. The normalized spacial score (nSPS) is 18.5. The molecule has 1 aliphatic carbocycles. The lowest BCUT2D eigenvalue weighted by Crippen LogP contribution is -1.98. The molecule has 0 saturated heterocycles. The number of aromatic nitrogens is 2. The monoisotopic (exact) mass is 206 g/mol. The molecule has 0 spiro atoms. The van der Waals surface area contributed by atoms with E-state index in [1.807, 2.05) is 32.9 Å². The largest absolute Gasteiger partial charge is 0.339 e. The van der Waals surface area contributed by atoms with Crippen LogP contribution in [0.5, 0.6) is 0 Å². The standard InChI is InChI=1S/C10H12N2O.C2H6/c1-2-9-11-10(12-13-9)8-6-4-3-5-7-8;1-2/h3-6,8H,2,7H2,1H3;1-2H3. The van der Waals surface area contributed by atoms with E-state index in [0.29, 0.717) is 5.92 Å². The van der Waals surface area contributed by atoms with Crippen molar-refractivity contribution >= 4 is 0 Å². The molecule has 1 unspecified atom stereocenters. The molecule has 0 N–H and O–H groups in total. The molecule has 0 fully saturated rings. The molecule has 1 aromatic rings. The van der Waals surface area contributed by atoms with E-state index in [9.17, 15) is 0 Å². The summed E-state index contributed by atoms with van der Waals surface area (Å²) in [5.41, 5.74) is 0. The van der Waals surface area contributed by atoms with Gasteiger partial charge in [-0.25, -0.2) is 0 Å². The molecule has 1 atom stereocenters. The zero-order chi connectivity index (χ0) is 11.1. The van der Waals surface area contributed by atoms with Gasteiger partial charge >= 0.3 is 0 Å². The number of rotatable bonds is 2.